The minimum atomic E-state index is -1.04. The number of amides is 4. The Labute approximate surface area is 179 Å². The molecule has 0 saturated carbocycles. The predicted octanol–water partition coefficient (Wildman–Crippen LogP) is 0.626. The first kappa shape index (κ1) is 20.3. The Hall–Kier alpha value is -2.65. The third-order valence-electron chi connectivity index (χ3n) is 6.97. The van der Waals surface area contributed by atoms with Gasteiger partial charge < -0.3 is 10.2 Å². The van der Waals surface area contributed by atoms with Crippen LogP contribution in [0.3, 0.4) is 0 Å². The van der Waals surface area contributed by atoms with Gasteiger partial charge in [0.15, 0.2) is 0 Å². The second kappa shape index (κ2) is 7.80. The van der Waals surface area contributed by atoms with Gasteiger partial charge in [0.1, 0.15) is 11.9 Å². The van der Waals surface area contributed by atoms with Crippen LogP contribution in [-0.4, -0.2) is 72.2 Å². The summed E-state index contributed by atoms with van der Waals surface area (Å²) < 4.78 is 15.0. The Balaban J connectivity index is 1.33. The highest BCUT2D eigenvalue weighted by molar-refractivity contribution is 6.23. The predicted molar refractivity (Wildman–Crippen MR) is 108 cm³/mol. The molecule has 4 aliphatic heterocycles. The largest absolute Gasteiger partial charge is 0.316 e. The van der Waals surface area contributed by atoms with Crippen LogP contribution in [0.4, 0.5) is 4.39 Å². The molecule has 4 amide bonds. The molecule has 9 heteroatoms. The fraction of sp³-hybridized carbons (Fsp3) is 0.545. The van der Waals surface area contributed by atoms with Crippen molar-refractivity contribution in [3.63, 3.8) is 0 Å². The van der Waals surface area contributed by atoms with Crippen LogP contribution in [0.5, 0.6) is 0 Å². The topological polar surface area (TPSA) is 98.8 Å². The molecular formula is C22H25FN4O4. The molecule has 4 heterocycles. The summed E-state index contributed by atoms with van der Waals surface area (Å²) in [6.45, 7) is 4.93. The SMILES string of the molecule is O=C1CCC(N2C(=O)c3cc(F)c(C4CCN(CC5CNC5)CC4)cc3C2=O)C(=O)N1. The van der Waals surface area contributed by atoms with E-state index >= 15 is 0 Å². The van der Waals surface area contributed by atoms with Gasteiger partial charge in [-0.05, 0) is 61.9 Å². The van der Waals surface area contributed by atoms with E-state index in [4.69, 9.17) is 0 Å². The van der Waals surface area contributed by atoms with Gasteiger partial charge in [0.2, 0.25) is 11.8 Å². The molecule has 1 atom stereocenters. The van der Waals surface area contributed by atoms with Crippen molar-refractivity contribution in [3.8, 4) is 0 Å². The maximum atomic E-state index is 15.0. The molecule has 1 aromatic rings. The lowest BCUT2D eigenvalue weighted by atomic mass is 9.87. The summed E-state index contributed by atoms with van der Waals surface area (Å²) in [5.74, 6) is -2.16. The number of nitrogens with one attached hydrogen (secondary N) is 2. The number of carbonyl (C=O) groups excluding carboxylic acids is 4. The van der Waals surface area contributed by atoms with E-state index in [0.29, 0.717) is 11.5 Å². The van der Waals surface area contributed by atoms with Crippen LogP contribution >= 0.6 is 0 Å². The number of fused-ring (bicyclic) bond motifs is 1. The standard InChI is InChI=1S/C22H25FN4O4/c23-17-8-16-15(21(30)27(22(16)31)18-1-2-19(28)25-20(18)29)7-14(17)13-3-5-26(6-4-13)11-12-9-24-10-12/h7-8,12-13,18,24H,1-6,9-11H2,(H,25,28,29). The lowest BCUT2D eigenvalue weighted by Gasteiger charge is -2.37. The first-order valence-corrected chi connectivity index (χ1v) is 10.9. The highest BCUT2D eigenvalue weighted by Gasteiger charge is 2.45. The Morgan fingerprint density at radius 3 is 2.26 bits per heavy atom. The zero-order valence-electron chi connectivity index (χ0n) is 17.2. The molecule has 3 fully saturated rings. The first-order valence-electron chi connectivity index (χ1n) is 10.9. The monoisotopic (exact) mass is 428 g/mol. The second-order valence-electron chi connectivity index (χ2n) is 8.97. The number of rotatable bonds is 4. The van der Waals surface area contributed by atoms with Crippen molar-refractivity contribution in [3.05, 3.63) is 34.6 Å². The molecule has 5 rings (SSSR count). The van der Waals surface area contributed by atoms with E-state index in [1.807, 2.05) is 0 Å². The van der Waals surface area contributed by atoms with Crippen LogP contribution in [-0.2, 0) is 9.59 Å². The summed E-state index contributed by atoms with van der Waals surface area (Å²) >= 11 is 0. The minimum Gasteiger partial charge on any atom is -0.316 e. The van der Waals surface area contributed by atoms with Gasteiger partial charge in [-0.25, -0.2) is 4.39 Å². The first-order chi connectivity index (χ1) is 14.9. The van der Waals surface area contributed by atoms with Crippen molar-refractivity contribution in [2.45, 2.75) is 37.6 Å². The third kappa shape index (κ3) is 3.55. The third-order valence-corrected chi connectivity index (χ3v) is 6.97. The van der Waals surface area contributed by atoms with Crippen LogP contribution < -0.4 is 10.6 Å². The van der Waals surface area contributed by atoms with E-state index in [-0.39, 0.29) is 29.9 Å². The van der Waals surface area contributed by atoms with E-state index in [2.05, 4.69) is 15.5 Å². The number of piperidine rings is 2. The Morgan fingerprint density at radius 2 is 1.65 bits per heavy atom. The quantitative estimate of drug-likeness (QED) is 0.683. The number of benzene rings is 1. The lowest BCUT2D eigenvalue weighted by molar-refractivity contribution is -0.136. The average Bonchev–Trinajstić information content (AvgIpc) is 2.95. The van der Waals surface area contributed by atoms with Gasteiger partial charge in [-0.3, -0.25) is 29.4 Å². The van der Waals surface area contributed by atoms with Gasteiger partial charge in [-0.15, -0.1) is 0 Å². The van der Waals surface area contributed by atoms with E-state index in [0.717, 1.165) is 56.5 Å². The molecule has 4 aliphatic rings. The van der Waals surface area contributed by atoms with Gasteiger partial charge in [-0.1, -0.05) is 0 Å². The molecule has 0 bridgehead atoms. The maximum absolute atomic E-state index is 15.0. The van der Waals surface area contributed by atoms with Gasteiger partial charge in [0.05, 0.1) is 11.1 Å². The van der Waals surface area contributed by atoms with Crippen molar-refractivity contribution >= 4 is 23.6 Å². The fourth-order valence-corrected chi connectivity index (χ4v) is 5.09. The molecule has 8 nitrogen and oxygen atoms in total. The van der Waals surface area contributed by atoms with Crippen molar-refractivity contribution < 1.29 is 23.6 Å². The molecule has 1 aromatic carbocycles. The van der Waals surface area contributed by atoms with Crippen molar-refractivity contribution in [1.82, 2.24) is 20.4 Å². The molecule has 164 valence electrons. The molecule has 1 unspecified atom stereocenters. The summed E-state index contributed by atoms with van der Waals surface area (Å²) in [6, 6.07) is 1.61. The van der Waals surface area contributed by atoms with Crippen LogP contribution in [0.2, 0.25) is 0 Å². The fourth-order valence-electron chi connectivity index (χ4n) is 5.09. The van der Waals surface area contributed by atoms with Gasteiger partial charge in [-0.2, -0.15) is 0 Å². The summed E-state index contributed by atoms with van der Waals surface area (Å²) in [7, 11) is 0. The average molecular weight is 428 g/mol. The van der Waals surface area contributed by atoms with Crippen LogP contribution in [0.25, 0.3) is 0 Å². The van der Waals surface area contributed by atoms with Crippen molar-refractivity contribution in [2.24, 2.45) is 5.92 Å². The van der Waals surface area contributed by atoms with Crippen LogP contribution in [0.15, 0.2) is 12.1 Å². The normalized spacial score (nSPS) is 25.6. The Bertz CT molecular complexity index is 969. The number of imide groups is 2. The van der Waals surface area contributed by atoms with E-state index in [1.165, 1.54) is 6.07 Å². The van der Waals surface area contributed by atoms with E-state index < -0.39 is 35.5 Å². The Morgan fingerprint density at radius 1 is 0.968 bits per heavy atom. The smallest absolute Gasteiger partial charge is 0.262 e. The molecule has 0 aromatic heterocycles. The zero-order chi connectivity index (χ0) is 21.7. The van der Waals surface area contributed by atoms with Crippen molar-refractivity contribution in [1.29, 1.82) is 0 Å². The number of carbonyl (C=O) groups is 4. The molecule has 0 spiro atoms. The lowest BCUT2D eigenvalue weighted by Crippen LogP contribution is -2.54. The second-order valence-corrected chi connectivity index (χ2v) is 8.97. The number of likely N-dealkylation sites (tertiary alicyclic amines) is 1. The summed E-state index contributed by atoms with van der Waals surface area (Å²) in [6.07, 6.45) is 1.74. The molecule has 3 saturated heterocycles. The number of halogens is 1. The zero-order valence-corrected chi connectivity index (χ0v) is 17.2. The van der Waals surface area contributed by atoms with E-state index in [9.17, 15) is 23.6 Å². The molecule has 0 aliphatic carbocycles. The maximum Gasteiger partial charge on any atom is 0.262 e. The minimum absolute atomic E-state index is 0.00591. The van der Waals surface area contributed by atoms with Crippen molar-refractivity contribution in [2.75, 3.05) is 32.7 Å². The highest BCUT2D eigenvalue weighted by atomic mass is 19.1. The van der Waals surface area contributed by atoms with Crippen LogP contribution in [0, 0.1) is 11.7 Å². The van der Waals surface area contributed by atoms with Gasteiger partial charge in [0.25, 0.3) is 11.8 Å². The number of nitrogens with zero attached hydrogens (tertiary/aromatic N) is 2. The van der Waals surface area contributed by atoms with E-state index in [1.54, 1.807) is 0 Å². The Kier molecular flexibility index (Phi) is 5.10. The highest BCUT2D eigenvalue weighted by Crippen LogP contribution is 2.35. The summed E-state index contributed by atoms with van der Waals surface area (Å²) in [5.41, 5.74) is 0.606. The van der Waals surface area contributed by atoms with Gasteiger partial charge in [0, 0.05) is 26.1 Å². The molecular weight excluding hydrogens is 403 g/mol. The number of hydrogen-bond acceptors (Lipinski definition) is 6. The molecule has 2 N–H and O–H groups in total. The molecule has 0 radical (unpaired) electrons. The summed E-state index contributed by atoms with van der Waals surface area (Å²) in [5, 5.41) is 5.44. The number of hydrogen-bond donors (Lipinski definition) is 2. The van der Waals surface area contributed by atoms with Crippen LogP contribution in [0.1, 0.15) is 57.9 Å². The molecule has 31 heavy (non-hydrogen) atoms. The summed E-state index contributed by atoms with van der Waals surface area (Å²) in [4.78, 5) is 52.7. The van der Waals surface area contributed by atoms with Gasteiger partial charge >= 0.3 is 0 Å².